The van der Waals surface area contributed by atoms with Gasteiger partial charge in [-0.15, -0.1) is 0 Å². The van der Waals surface area contributed by atoms with Gasteiger partial charge < -0.3 is 31.3 Å². The van der Waals surface area contributed by atoms with E-state index in [1.807, 2.05) is 42.5 Å². The zero-order chi connectivity index (χ0) is 34.0. The van der Waals surface area contributed by atoms with Gasteiger partial charge in [-0.25, -0.2) is 15.0 Å². The predicted molar refractivity (Wildman–Crippen MR) is 186 cm³/mol. The molecule has 6 rings (SSSR count). The number of carbonyl (C=O) groups excluding carboxylic acids is 2. The van der Waals surface area contributed by atoms with Gasteiger partial charge in [0, 0.05) is 67.5 Å². The highest BCUT2D eigenvalue weighted by molar-refractivity contribution is 6.07. The summed E-state index contributed by atoms with van der Waals surface area (Å²) in [5.74, 6) is -0.132. The number of nitrogens with one attached hydrogen (secondary N) is 4. The molecule has 0 bridgehead atoms. The molecule has 5 aromatic rings. The van der Waals surface area contributed by atoms with Gasteiger partial charge in [-0.1, -0.05) is 36.4 Å². The molecule has 248 valence electrons. The molecule has 3 aromatic heterocycles. The van der Waals surface area contributed by atoms with Gasteiger partial charge in [0.1, 0.15) is 17.5 Å². The second-order valence-electron chi connectivity index (χ2n) is 11.4. The largest absolute Gasteiger partial charge is 0.481 e. The fourth-order valence-electron chi connectivity index (χ4n) is 5.53. The first kappa shape index (κ1) is 32.7. The Balaban J connectivity index is 1.24. The molecule has 13 nitrogen and oxygen atoms in total. The maximum absolute atomic E-state index is 13.7. The van der Waals surface area contributed by atoms with E-state index in [-0.39, 0.29) is 17.5 Å². The fourth-order valence-corrected chi connectivity index (χ4v) is 5.53. The van der Waals surface area contributed by atoms with Gasteiger partial charge >= 0.3 is 5.97 Å². The number of carboxylic acids is 1. The first-order valence-corrected chi connectivity index (χ1v) is 15.9. The van der Waals surface area contributed by atoms with Crippen molar-refractivity contribution in [3.05, 3.63) is 120 Å². The van der Waals surface area contributed by atoms with Crippen molar-refractivity contribution in [1.29, 1.82) is 0 Å². The molecule has 0 radical (unpaired) electrons. The number of nitrogens with zero attached hydrogens (tertiary/aromatic N) is 5. The summed E-state index contributed by atoms with van der Waals surface area (Å²) in [6, 6.07) is 22.3. The third kappa shape index (κ3) is 8.78. The summed E-state index contributed by atoms with van der Waals surface area (Å²) in [5, 5.41) is 21.8. The van der Waals surface area contributed by atoms with Crippen LogP contribution < -0.4 is 26.2 Å². The van der Waals surface area contributed by atoms with Crippen LogP contribution in [0.1, 0.15) is 32.7 Å². The zero-order valence-corrected chi connectivity index (χ0v) is 26.5. The molecule has 4 heterocycles. The van der Waals surface area contributed by atoms with Crippen molar-refractivity contribution in [3.8, 4) is 11.3 Å². The number of carboxylic acid groups (broad SMARTS) is 1. The molecule has 49 heavy (non-hydrogen) atoms. The minimum Gasteiger partial charge on any atom is -0.481 e. The fraction of sp³-hybridized carbons (Fsp3) is 0.194. The van der Waals surface area contributed by atoms with E-state index >= 15 is 0 Å². The molecule has 5 N–H and O–H groups in total. The Labute approximate surface area is 282 Å². The Hall–Kier alpha value is -6.21. The smallest absolute Gasteiger partial charge is 0.305 e. The maximum Gasteiger partial charge on any atom is 0.305 e. The van der Waals surface area contributed by atoms with Gasteiger partial charge in [0.2, 0.25) is 0 Å². The van der Waals surface area contributed by atoms with Gasteiger partial charge in [-0.2, -0.15) is 0 Å². The number of hydrogen-bond acceptors (Lipinski definition) is 10. The number of aromatic nitrogens is 4. The van der Waals surface area contributed by atoms with E-state index in [0.717, 1.165) is 43.1 Å². The van der Waals surface area contributed by atoms with Crippen LogP contribution in [0.3, 0.4) is 0 Å². The van der Waals surface area contributed by atoms with Crippen LogP contribution in [0.2, 0.25) is 0 Å². The Kier molecular flexibility index (Phi) is 10.4. The van der Waals surface area contributed by atoms with Crippen molar-refractivity contribution >= 4 is 40.9 Å². The molecule has 1 atom stereocenters. The number of hydrogen-bond donors (Lipinski definition) is 5. The summed E-state index contributed by atoms with van der Waals surface area (Å²) in [5.41, 5.74) is 3.08. The van der Waals surface area contributed by atoms with Crippen molar-refractivity contribution in [3.63, 3.8) is 0 Å². The first-order chi connectivity index (χ1) is 23.9. The van der Waals surface area contributed by atoms with Crippen LogP contribution >= 0.6 is 0 Å². The average molecular weight is 658 g/mol. The average Bonchev–Trinajstić information content (AvgIpc) is 3.13. The number of piperazine rings is 1. The molecule has 0 saturated carbocycles. The molecule has 2 amide bonds. The molecule has 1 saturated heterocycles. The van der Waals surface area contributed by atoms with E-state index in [4.69, 9.17) is 4.98 Å². The number of carbonyl (C=O) groups is 3. The molecular weight excluding hydrogens is 622 g/mol. The van der Waals surface area contributed by atoms with Gasteiger partial charge in [0.25, 0.3) is 11.8 Å². The Morgan fingerprint density at radius 3 is 2.39 bits per heavy atom. The van der Waals surface area contributed by atoms with Crippen LogP contribution in [0.25, 0.3) is 11.3 Å². The van der Waals surface area contributed by atoms with Gasteiger partial charge in [0.05, 0.1) is 24.0 Å². The number of amides is 2. The van der Waals surface area contributed by atoms with Crippen LogP contribution in [-0.4, -0.2) is 75.0 Å². The van der Waals surface area contributed by atoms with Crippen LogP contribution in [-0.2, 0) is 11.2 Å². The highest BCUT2D eigenvalue weighted by Crippen LogP contribution is 2.31. The van der Waals surface area contributed by atoms with Crippen LogP contribution in [0, 0.1) is 0 Å². The monoisotopic (exact) mass is 657 g/mol. The first-order valence-electron chi connectivity index (χ1n) is 15.9. The van der Waals surface area contributed by atoms with Crippen LogP contribution in [0.4, 0.5) is 23.1 Å². The second kappa shape index (κ2) is 15.6. The normalized spacial score (nSPS) is 13.3. The van der Waals surface area contributed by atoms with Gasteiger partial charge in [-0.05, 0) is 54.4 Å². The SMILES string of the molecule is O=C(O)C[C@H](Cc1ccccc1)NC(=O)c1cccc(C(=O)Nc2ccc(Nc3cnccn3)nc2-c2ccnc(N3CCNCC3)c2)c1. The lowest BCUT2D eigenvalue weighted by Crippen LogP contribution is -2.43. The molecule has 0 aliphatic carbocycles. The third-order valence-electron chi connectivity index (χ3n) is 7.89. The van der Waals surface area contributed by atoms with Crippen molar-refractivity contribution in [2.75, 3.05) is 41.7 Å². The van der Waals surface area contributed by atoms with Crippen molar-refractivity contribution in [1.82, 2.24) is 30.6 Å². The van der Waals surface area contributed by atoms with Gasteiger partial charge in [0.15, 0.2) is 0 Å². The number of pyridine rings is 2. The highest BCUT2D eigenvalue weighted by atomic mass is 16.4. The second-order valence-corrected chi connectivity index (χ2v) is 11.4. The van der Waals surface area contributed by atoms with E-state index in [1.165, 1.54) is 6.07 Å². The summed E-state index contributed by atoms with van der Waals surface area (Å²) < 4.78 is 0. The Morgan fingerprint density at radius 1 is 0.837 bits per heavy atom. The number of benzene rings is 2. The molecular formula is C36H35N9O4. The van der Waals surface area contributed by atoms with E-state index in [9.17, 15) is 19.5 Å². The molecule has 0 unspecified atom stereocenters. The van der Waals surface area contributed by atoms with Gasteiger partial charge in [-0.3, -0.25) is 19.4 Å². The Bertz CT molecular complexity index is 1920. The quantitative estimate of drug-likeness (QED) is 0.130. The zero-order valence-electron chi connectivity index (χ0n) is 26.5. The van der Waals surface area contributed by atoms with E-state index < -0.39 is 23.8 Å². The standard InChI is InChI=1S/C36H35N9O4/c46-33(47)22-28(19-24-5-2-1-3-6-24)41-35(48)26-7-4-8-27(20-26)36(49)42-29-9-10-30(43-31-23-38-13-14-39-31)44-34(29)25-11-12-40-32(21-25)45-17-15-37-16-18-45/h1-14,20-21,23,28,37H,15-19,22H2,(H,41,48)(H,42,49)(H,46,47)(H,39,43,44)/t28-/m0/s1. The summed E-state index contributed by atoms with van der Waals surface area (Å²) in [4.78, 5) is 58.5. The van der Waals surface area contributed by atoms with E-state index in [2.05, 4.69) is 41.1 Å². The van der Waals surface area contributed by atoms with E-state index in [0.29, 0.717) is 29.4 Å². The van der Waals surface area contributed by atoms with Crippen molar-refractivity contribution in [2.24, 2.45) is 0 Å². The molecule has 2 aromatic carbocycles. The number of anilines is 4. The topological polar surface area (TPSA) is 174 Å². The van der Waals surface area contributed by atoms with Crippen molar-refractivity contribution in [2.45, 2.75) is 18.9 Å². The molecule has 13 heteroatoms. The third-order valence-corrected chi connectivity index (χ3v) is 7.89. The summed E-state index contributed by atoms with van der Waals surface area (Å²) in [6.45, 7) is 3.34. The number of aliphatic carboxylic acids is 1. The lowest BCUT2D eigenvalue weighted by atomic mass is 10.0. The maximum atomic E-state index is 13.7. The molecule has 1 fully saturated rings. The lowest BCUT2D eigenvalue weighted by Gasteiger charge is -2.28. The van der Waals surface area contributed by atoms with Crippen LogP contribution in [0.15, 0.2) is 104 Å². The van der Waals surface area contributed by atoms with E-state index in [1.54, 1.807) is 55.1 Å². The summed E-state index contributed by atoms with van der Waals surface area (Å²) in [7, 11) is 0. The summed E-state index contributed by atoms with van der Waals surface area (Å²) in [6.07, 6.45) is 6.56. The van der Waals surface area contributed by atoms with Crippen LogP contribution in [0.5, 0.6) is 0 Å². The molecule has 1 aliphatic heterocycles. The Morgan fingerprint density at radius 2 is 1.63 bits per heavy atom. The minimum atomic E-state index is -1.02. The minimum absolute atomic E-state index is 0.229. The highest BCUT2D eigenvalue weighted by Gasteiger charge is 2.20. The molecule has 1 aliphatic rings. The van der Waals surface area contributed by atoms with Crippen molar-refractivity contribution < 1.29 is 19.5 Å². The summed E-state index contributed by atoms with van der Waals surface area (Å²) >= 11 is 0. The lowest BCUT2D eigenvalue weighted by molar-refractivity contribution is -0.137. The predicted octanol–water partition coefficient (Wildman–Crippen LogP) is 4.15. The molecule has 0 spiro atoms. The number of rotatable bonds is 12.